The highest BCUT2D eigenvalue weighted by Gasteiger charge is 1.79. The predicted molar refractivity (Wildman–Crippen MR) is 65.0 cm³/mol. The van der Waals surface area contributed by atoms with E-state index in [0.717, 1.165) is 0 Å². The van der Waals surface area contributed by atoms with E-state index < -0.39 is 0 Å². The number of rotatable bonds is 0. The molecule has 1 aromatic heterocycles. The first-order chi connectivity index (χ1) is 6.68. The Morgan fingerprint density at radius 3 is 1.50 bits per heavy atom. The number of hydrogen-bond donors (Lipinski definition) is 0. The molecule has 0 aliphatic rings. The van der Waals surface area contributed by atoms with E-state index in [1.54, 1.807) is 11.3 Å². The minimum atomic E-state index is 1.33. The van der Waals surface area contributed by atoms with E-state index in [9.17, 15) is 0 Å². The van der Waals surface area contributed by atoms with Crippen LogP contribution >= 0.6 is 11.3 Å². The zero-order valence-electron chi connectivity index (χ0n) is 8.95. The fourth-order valence-electron chi connectivity index (χ4n) is 0.998. The summed E-state index contributed by atoms with van der Waals surface area (Å²) in [7, 11) is 0. The molecule has 74 valence electrons. The molecule has 0 spiro atoms. The van der Waals surface area contributed by atoms with Gasteiger partial charge in [-0.1, -0.05) is 41.5 Å². The minimum Gasteiger partial charge on any atom is -0.149 e. The smallest absolute Gasteiger partial charge is 0.00141 e. The van der Waals surface area contributed by atoms with Crippen LogP contribution in [0, 0.1) is 20.8 Å². The molecule has 0 fully saturated rings. The van der Waals surface area contributed by atoms with Crippen molar-refractivity contribution in [1.29, 1.82) is 0 Å². The molecular weight excluding hydrogens is 188 g/mol. The monoisotopic (exact) mass is 204 g/mol. The highest BCUT2D eigenvalue weighted by Crippen LogP contribution is 2.03. The summed E-state index contributed by atoms with van der Waals surface area (Å²) in [6, 6.07) is 12.6. The summed E-state index contributed by atoms with van der Waals surface area (Å²) < 4.78 is 0. The van der Waals surface area contributed by atoms with E-state index in [0.29, 0.717) is 0 Å². The maximum Gasteiger partial charge on any atom is 0.00141 e. The Balaban J connectivity index is 0.000000146. The highest BCUT2D eigenvalue weighted by molar-refractivity contribution is 7.09. The minimum absolute atomic E-state index is 1.33. The van der Waals surface area contributed by atoms with Crippen molar-refractivity contribution in [3.8, 4) is 0 Å². The Hall–Kier alpha value is -1.08. The van der Waals surface area contributed by atoms with Crippen molar-refractivity contribution in [2.24, 2.45) is 0 Å². The van der Waals surface area contributed by atoms with E-state index in [1.807, 2.05) is 0 Å². The molecule has 0 aliphatic heterocycles. The van der Waals surface area contributed by atoms with Crippen molar-refractivity contribution in [1.82, 2.24) is 0 Å². The topological polar surface area (TPSA) is 0 Å². The number of thiophene rings is 1. The molecule has 0 saturated carbocycles. The van der Waals surface area contributed by atoms with Crippen LogP contribution in [0.3, 0.4) is 0 Å². The van der Waals surface area contributed by atoms with Crippen molar-refractivity contribution in [2.75, 3.05) is 0 Å². The van der Waals surface area contributed by atoms with Crippen LogP contribution in [0.4, 0.5) is 0 Å². The summed E-state index contributed by atoms with van der Waals surface area (Å²) in [5.74, 6) is 0. The summed E-state index contributed by atoms with van der Waals surface area (Å²) >= 11 is 1.78. The van der Waals surface area contributed by atoms with E-state index in [-0.39, 0.29) is 0 Å². The lowest BCUT2D eigenvalue weighted by Crippen LogP contribution is -1.70. The number of aryl methyl sites for hydroxylation is 3. The van der Waals surface area contributed by atoms with Gasteiger partial charge in [-0.3, -0.25) is 0 Å². The third kappa shape index (κ3) is 4.24. The molecule has 14 heavy (non-hydrogen) atoms. The van der Waals surface area contributed by atoms with Crippen molar-refractivity contribution >= 4 is 11.3 Å². The van der Waals surface area contributed by atoms with Crippen LogP contribution in [0.2, 0.25) is 0 Å². The third-order valence-corrected chi connectivity index (χ3v) is 2.68. The molecule has 0 aliphatic carbocycles. The Bertz CT molecular complexity index is 322. The van der Waals surface area contributed by atoms with Crippen molar-refractivity contribution in [2.45, 2.75) is 20.8 Å². The molecule has 1 heterocycles. The van der Waals surface area contributed by atoms with Crippen LogP contribution in [0.15, 0.2) is 41.8 Å². The first-order valence-electron chi connectivity index (χ1n) is 4.72. The number of hydrogen-bond acceptors (Lipinski definition) is 1. The van der Waals surface area contributed by atoms with E-state index in [2.05, 4.69) is 62.5 Å². The Kier molecular flexibility index (Phi) is 4.41. The van der Waals surface area contributed by atoms with Crippen molar-refractivity contribution in [3.63, 3.8) is 0 Å². The van der Waals surface area contributed by atoms with Crippen LogP contribution < -0.4 is 0 Å². The summed E-state index contributed by atoms with van der Waals surface area (Å²) in [4.78, 5) is 1.38. The zero-order valence-corrected chi connectivity index (χ0v) is 9.77. The maximum atomic E-state index is 2.12. The van der Waals surface area contributed by atoms with Crippen LogP contribution in [0.25, 0.3) is 0 Å². The van der Waals surface area contributed by atoms with Crippen LogP contribution in [-0.2, 0) is 0 Å². The highest BCUT2D eigenvalue weighted by atomic mass is 32.1. The van der Waals surface area contributed by atoms with Gasteiger partial charge in [0.05, 0.1) is 0 Å². The fraction of sp³-hybridized carbons (Fsp3) is 0.231. The quantitative estimate of drug-likeness (QED) is 0.598. The van der Waals surface area contributed by atoms with Crippen LogP contribution in [-0.4, -0.2) is 0 Å². The van der Waals surface area contributed by atoms with Gasteiger partial charge in [0.25, 0.3) is 0 Å². The second-order valence-electron chi connectivity index (χ2n) is 3.38. The lowest BCUT2D eigenvalue weighted by Gasteiger charge is -1.90. The zero-order chi connectivity index (χ0) is 10.4. The van der Waals surface area contributed by atoms with Crippen molar-refractivity contribution < 1.29 is 0 Å². The summed E-state index contributed by atoms with van der Waals surface area (Å²) in [6.45, 7) is 6.30. The molecule has 0 radical (unpaired) electrons. The lowest BCUT2D eigenvalue weighted by molar-refractivity contribution is 1.40. The molecule has 0 bridgehead atoms. The van der Waals surface area contributed by atoms with Gasteiger partial charge in [-0.15, -0.1) is 11.3 Å². The van der Waals surface area contributed by atoms with Gasteiger partial charge < -0.3 is 0 Å². The average molecular weight is 204 g/mol. The summed E-state index contributed by atoms with van der Waals surface area (Å²) in [5.41, 5.74) is 2.66. The Morgan fingerprint density at radius 2 is 1.29 bits per heavy atom. The van der Waals surface area contributed by atoms with E-state index in [1.165, 1.54) is 16.0 Å². The predicted octanol–water partition coefficient (Wildman–Crippen LogP) is 4.36. The third-order valence-electron chi connectivity index (χ3n) is 1.88. The molecule has 2 aromatic rings. The van der Waals surface area contributed by atoms with Gasteiger partial charge in [-0.2, -0.15) is 0 Å². The maximum absolute atomic E-state index is 2.12. The SMILES string of the molecule is Cc1ccc(C)cc1.Cc1cccs1. The van der Waals surface area contributed by atoms with Gasteiger partial charge in [0.2, 0.25) is 0 Å². The second kappa shape index (κ2) is 5.61. The van der Waals surface area contributed by atoms with E-state index >= 15 is 0 Å². The first kappa shape index (κ1) is 11.0. The molecule has 0 atom stereocenters. The normalized spacial score (nSPS) is 9.07. The number of benzene rings is 1. The van der Waals surface area contributed by atoms with Gasteiger partial charge in [0.1, 0.15) is 0 Å². The lowest BCUT2D eigenvalue weighted by atomic mass is 10.2. The fourth-order valence-corrected chi connectivity index (χ4v) is 1.53. The summed E-state index contributed by atoms with van der Waals surface area (Å²) in [6.07, 6.45) is 0. The van der Waals surface area contributed by atoms with E-state index in [4.69, 9.17) is 0 Å². The van der Waals surface area contributed by atoms with Gasteiger partial charge in [0, 0.05) is 4.88 Å². The first-order valence-corrected chi connectivity index (χ1v) is 5.60. The molecule has 2 rings (SSSR count). The molecule has 0 N–H and O–H groups in total. The molecule has 0 nitrogen and oxygen atoms in total. The standard InChI is InChI=1S/C8H10.C5H6S/c1-7-3-5-8(2)6-4-7;1-5-3-2-4-6-5/h3-6H,1-2H3;2-4H,1H3. The van der Waals surface area contributed by atoms with Gasteiger partial charge >= 0.3 is 0 Å². The Labute approximate surface area is 90.2 Å². The second-order valence-corrected chi connectivity index (χ2v) is 4.53. The molecular formula is C13H16S. The van der Waals surface area contributed by atoms with Gasteiger partial charge in [-0.25, -0.2) is 0 Å². The van der Waals surface area contributed by atoms with Gasteiger partial charge in [0.15, 0.2) is 0 Å². The molecule has 0 unspecified atom stereocenters. The molecule has 0 amide bonds. The molecule has 1 aromatic carbocycles. The largest absolute Gasteiger partial charge is 0.149 e. The van der Waals surface area contributed by atoms with Crippen LogP contribution in [0.1, 0.15) is 16.0 Å². The molecule has 1 heteroatoms. The molecule has 0 saturated heterocycles. The summed E-state index contributed by atoms with van der Waals surface area (Å²) in [5, 5.41) is 2.08. The van der Waals surface area contributed by atoms with Gasteiger partial charge in [-0.05, 0) is 32.2 Å². The Morgan fingerprint density at radius 1 is 0.786 bits per heavy atom. The van der Waals surface area contributed by atoms with Crippen molar-refractivity contribution in [3.05, 3.63) is 57.8 Å². The average Bonchev–Trinajstić information content (AvgIpc) is 2.63. The van der Waals surface area contributed by atoms with Crippen LogP contribution in [0.5, 0.6) is 0 Å².